The summed E-state index contributed by atoms with van der Waals surface area (Å²) in [5, 5.41) is 3.15. The number of halogens is 1. The van der Waals surface area contributed by atoms with E-state index in [0.717, 1.165) is 5.56 Å². The normalized spacial score (nSPS) is 21.2. The predicted molar refractivity (Wildman–Crippen MR) is 72.9 cm³/mol. The summed E-state index contributed by atoms with van der Waals surface area (Å²) in [5.41, 5.74) is 0.807. The van der Waals surface area contributed by atoms with Crippen LogP contribution in [-0.4, -0.2) is 23.9 Å². The zero-order chi connectivity index (χ0) is 14.0. The van der Waals surface area contributed by atoms with Crippen molar-refractivity contribution in [2.45, 2.75) is 26.9 Å². The van der Waals surface area contributed by atoms with Gasteiger partial charge in [-0.2, -0.15) is 0 Å². The highest BCUT2D eigenvalue weighted by Gasteiger charge is 2.32. The van der Waals surface area contributed by atoms with Gasteiger partial charge < -0.3 is 4.90 Å². The average Bonchev–Trinajstić information content (AvgIpc) is 2.71. The first-order valence-electron chi connectivity index (χ1n) is 6.77. The van der Waals surface area contributed by atoms with E-state index in [1.54, 1.807) is 6.07 Å². The molecule has 19 heavy (non-hydrogen) atoms. The number of rotatable bonds is 4. The standard InChI is InChI=1S/C15H21FN2O/c1-10(2)11(3)9-18-14(19)8-17-15(18)12-5-4-6-13(16)7-12/h4-7,10-11,15,17H,8-9H2,1-3H3. The smallest absolute Gasteiger partial charge is 0.238 e. The highest BCUT2D eigenvalue weighted by molar-refractivity contribution is 5.80. The minimum Gasteiger partial charge on any atom is -0.322 e. The summed E-state index contributed by atoms with van der Waals surface area (Å²) < 4.78 is 13.3. The van der Waals surface area contributed by atoms with Crippen LogP contribution < -0.4 is 5.32 Å². The van der Waals surface area contributed by atoms with Crippen molar-refractivity contribution in [1.82, 2.24) is 10.2 Å². The number of carbonyl (C=O) groups excluding carboxylic acids is 1. The zero-order valence-corrected chi connectivity index (χ0v) is 11.7. The first kappa shape index (κ1) is 14.0. The lowest BCUT2D eigenvalue weighted by Gasteiger charge is -2.29. The molecule has 0 bridgehead atoms. The fraction of sp³-hybridized carbons (Fsp3) is 0.533. The quantitative estimate of drug-likeness (QED) is 0.906. The van der Waals surface area contributed by atoms with Crippen LogP contribution in [0.3, 0.4) is 0 Å². The van der Waals surface area contributed by atoms with Gasteiger partial charge in [0.1, 0.15) is 12.0 Å². The summed E-state index contributed by atoms with van der Waals surface area (Å²) in [6.45, 7) is 7.46. The van der Waals surface area contributed by atoms with Crippen LogP contribution in [0, 0.1) is 17.7 Å². The highest BCUT2D eigenvalue weighted by atomic mass is 19.1. The molecule has 104 valence electrons. The fourth-order valence-electron chi connectivity index (χ4n) is 2.24. The Morgan fingerprint density at radius 2 is 2.16 bits per heavy atom. The monoisotopic (exact) mass is 264 g/mol. The van der Waals surface area contributed by atoms with Crippen molar-refractivity contribution in [1.29, 1.82) is 0 Å². The van der Waals surface area contributed by atoms with Crippen molar-refractivity contribution < 1.29 is 9.18 Å². The van der Waals surface area contributed by atoms with Crippen molar-refractivity contribution in [2.75, 3.05) is 13.1 Å². The van der Waals surface area contributed by atoms with E-state index in [4.69, 9.17) is 0 Å². The average molecular weight is 264 g/mol. The van der Waals surface area contributed by atoms with Gasteiger partial charge in [-0.05, 0) is 29.5 Å². The van der Waals surface area contributed by atoms with Gasteiger partial charge in [-0.3, -0.25) is 10.1 Å². The summed E-state index contributed by atoms with van der Waals surface area (Å²) in [4.78, 5) is 13.8. The molecular weight excluding hydrogens is 243 g/mol. The maximum absolute atomic E-state index is 13.3. The third-order valence-electron chi connectivity index (χ3n) is 3.87. The van der Waals surface area contributed by atoms with Gasteiger partial charge in [0, 0.05) is 6.54 Å². The molecule has 0 radical (unpaired) electrons. The van der Waals surface area contributed by atoms with E-state index in [-0.39, 0.29) is 17.9 Å². The molecule has 0 aliphatic carbocycles. The van der Waals surface area contributed by atoms with E-state index in [2.05, 4.69) is 26.1 Å². The number of carbonyl (C=O) groups is 1. The van der Waals surface area contributed by atoms with Crippen LogP contribution in [0.5, 0.6) is 0 Å². The third kappa shape index (κ3) is 3.13. The van der Waals surface area contributed by atoms with Crippen LogP contribution in [0.25, 0.3) is 0 Å². The lowest BCUT2D eigenvalue weighted by Crippen LogP contribution is -2.35. The Morgan fingerprint density at radius 3 is 2.79 bits per heavy atom. The molecule has 3 nitrogen and oxygen atoms in total. The second-order valence-corrected chi connectivity index (χ2v) is 5.61. The van der Waals surface area contributed by atoms with Crippen molar-refractivity contribution in [2.24, 2.45) is 11.8 Å². The number of nitrogens with zero attached hydrogens (tertiary/aromatic N) is 1. The Bertz CT molecular complexity index is 461. The van der Waals surface area contributed by atoms with Crippen LogP contribution in [-0.2, 0) is 4.79 Å². The lowest BCUT2D eigenvalue weighted by atomic mass is 9.97. The van der Waals surface area contributed by atoms with Gasteiger partial charge in [0.05, 0.1) is 6.54 Å². The van der Waals surface area contributed by atoms with Gasteiger partial charge in [-0.1, -0.05) is 32.9 Å². The SMILES string of the molecule is CC(C)C(C)CN1C(=O)CNC1c1cccc(F)c1. The molecule has 0 spiro atoms. The van der Waals surface area contributed by atoms with Gasteiger partial charge in [0.25, 0.3) is 0 Å². The molecule has 1 amide bonds. The molecule has 1 aromatic carbocycles. The maximum Gasteiger partial charge on any atom is 0.238 e. The fourth-order valence-corrected chi connectivity index (χ4v) is 2.24. The second kappa shape index (κ2) is 5.70. The van der Waals surface area contributed by atoms with Crippen LogP contribution in [0.15, 0.2) is 24.3 Å². The predicted octanol–water partition coefficient (Wildman–Crippen LogP) is 2.55. The molecule has 2 rings (SSSR count). The van der Waals surface area contributed by atoms with Crippen LogP contribution in [0.2, 0.25) is 0 Å². The highest BCUT2D eigenvalue weighted by Crippen LogP contribution is 2.25. The Labute approximate surface area is 113 Å². The number of hydrogen-bond acceptors (Lipinski definition) is 2. The van der Waals surface area contributed by atoms with Crippen molar-refractivity contribution >= 4 is 5.91 Å². The Kier molecular flexibility index (Phi) is 4.20. The van der Waals surface area contributed by atoms with Crippen molar-refractivity contribution in [3.05, 3.63) is 35.6 Å². The van der Waals surface area contributed by atoms with Gasteiger partial charge >= 0.3 is 0 Å². The summed E-state index contributed by atoms with van der Waals surface area (Å²) >= 11 is 0. The minimum atomic E-state index is -0.268. The first-order chi connectivity index (χ1) is 8.99. The topological polar surface area (TPSA) is 32.3 Å². The molecule has 1 heterocycles. The van der Waals surface area contributed by atoms with Crippen LogP contribution in [0.4, 0.5) is 4.39 Å². The Morgan fingerprint density at radius 1 is 1.42 bits per heavy atom. The van der Waals surface area contributed by atoms with Gasteiger partial charge in [-0.15, -0.1) is 0 Å². The van der Waals surface area contributed by atoms with E-state index in [9.17, 15) is 9.18 Å². The molecule has 2 unspecified atom stereocenters. The van der Waals surface area contributed by atoms with Gasteiger partial charge in [0.15, 0.2) is 0 Å². The van der Waals surface area contributed by atoms with E-state index < -0.39 is 0 Å². The van der Waals surface area contributed by atoms with E-state index >= 15 is 0 Å². The number of amides is 1. The van der Waals surface area contributed by atoms with Crippen molar-refractivity contribution in [3.8, 4) is 0 Å². The molecule has 1 saturated heterocycles. The Hall–Kier alpha value is -1.42. The van der Waals surface area contributed by atoms with Gasteiger partial charge in [0.2, 0.25) is 5.91 Å². The molecule has 1 N–H and O–H groups in total. The second-order valence-electron chi connectivity index (χ2n) is 5.61. The zero-order valence-electron chi connectivity index (χ0n) is 11.7. The molecule has 2 atom stereocenters. The summed E-state index contributed by atoms with van der Waals surface area (Å²) in [6.07, 6.45) is -0.204. The maximum atomic E-state index is 13.3. The summed E-state index contributed by atoms with van der Waals surface area (Å²) in [7, 11) is 0. The molecule has 1 aliphatic heterocycles. The summed E-state index contributed by atoms with van der Waals surface area (Å²) in [5.74, 6) is 0.749. The van der Waals surface area contributed by atoms with E-state index in [1.165, 1.54) is 12.1 Å². The molecule has 1 aromatic rings. The summed E-state index contributed by atoms with van der Waals surface area (Å²) in [6, 6.07) is 6.44. The molecular formula is C15H21FN2O. The number of benzene rings is 1. The van der Waals surface area contributed by atoms with Gasteiger partial charge in [-0.25, -0.2) is 4.39 Å². The molecule has 1 aliphatic rings. The minimum absolute atomic E-state index is 0.0850. The Balaban J connectivity index is 2.17. The number of hydrogen-bond donors (Lipinski definition) is 1. The largest absolute Gasteiger partial charge is 0.322 e. The molecule has 4 heteroatoms. The van der Waals surface area contributed by atoms with Crippen LogP contribution in [0.1, 0.15) is 32.5 Å². The first-order valence-corrected chi connectivity index (χ1v) is 6.77. The molecule has 0 saturated carbocycles. The van der Waals surface area contributed by atoms with Crippen LogP contribution >= 0.6 is 0 Å². The third-order valence-corrected chi connectivity index (χ3v) is 3.87. The molecule has 1 fully saturated rings. The number of nitrogens with one attached hydrogen (secondary N) is 1. The molecule has 0 aromatic heterocycles. The van der Waals surface area contributed by atoms with E-state index in [0.29, 0.717) is 24.9 Å². The van der Waals surface area contributed by atoms with Crippen molar-refractivity contribution in [3.63, 3.8) is 0 Å². The van der Waals surface area contributed by atoms with E-state index in [1.807, 2.05) is 11.0 Å². The lowest BCUT2D eigenvalue weighted by molar-refractivity contribution is -0.128.